The van der Waals surface area contributed by atoms with Crippen molar-refractivity contribution in [3.05, 3.63) is 315 Å². The lowest BCUT2D eigenvalue weighted by molar-refractivity contribution is 0.854. The van der Waals surface area contributed by atoms with E-state index in [1.165, 1.54) is 82.7 Å². The Kier molecular flexibility index (Phi) is 12.5. The Bertz CT molecular complexity index is 3870. The maximum absolute atomic E-state index is 2.36. The molecule has 76 heavy (non-hydrogen) atoms. The Hall–Kier alpha value is -9.76. The molecule has 0 radical (unpaired) electrons. The molecule has 1 aliphatic carbocycles. The summed E-state index contributed by atoms with van der Waals surface area (Å²) in [6.07, 6.45) is 9.88. The number of allylic oxidation sites excluding steroid dienone is 4. The van der Waals surface area contributed by atoms with E-state index in [4.69, 9.17) is 0 Å². The van der Waals surface area contributed by atoms with E-state index >= 15 is 0 Å². The highest BCUT2D eigenvalue weighted by atomic mass is 15.1. The number of hydrogen-bond acceptors (Lipinski definition) is 2. The molecular formula is C74H54N2. The summed E-state index contributed by atoms with van der Waals surface area (Å²) in [4.78, 5) is 4.72. The predicted molar refractivity (Wildman–Crippen MR) is 324 cm³/mol. The zero-order valence-electron chi connectivity index (χ0n) is 42.1. The molecule has 0 saturated heterocycles. The number of nitrogens with zero attached hydrogens (tertiary/aromatic N) is 2. The molecule has 360 valence electrons. The smallest absolute Gasteiger partial charge is 0.0462 e. The van der Waals surface area contributed by atoms with Crippen LogP contribution in [0.15, 0.2) is 309 Å². The molecular weight excluding hydrogens is 917 g/mol. The van der Waals surface area contributed by atoms with Crippen molar-refractivity contribution in [1.82, 2.24) is 0 Å². The van der Waals surface area contributed by atoms with Gasteiger partial charge < -0.3 is 9.80 Å². The van der Waals surface area contributed by atoms with Crippen molar-refractivity contribution in [2.75, 3.05) is 9.80 Å². The lowest BCUT2D eigenvalue weighted by atomic mass is 9.92. The Morgan fingerprint density at radius 3 is 0.947 bits per heavy atom. The number of benzene rings is 12. The van der Waals surface area contributed by atoms with Crippen molar-refractivity contribution >= 4 is 55.7 Å². The summed E-state index contributed by atoms with van der Waals surface area (Å²) in [6, 6.07) is 104. The minimum atomic E-state index is 0.404. The zero-order chi connectivity index (χ0) is 50.6. The predicted octanol–water partition coefficient (Wildman–Crippen LogP) is 20.9. The van der Waals surface area contributed by atoms with E-state index in [-0.39, 0.29) is 0 Å². The van der Waals surface area contributed by atoms with Gasteiger partial charge >= 0.3 is 0 Å². The zero-order valence-corrected chi connectivity index (χ0v) is 42.1. The molecule has 0 spiro atoms. The summed E-state index contributed by atoms with van der Waals surface area (Å²) in [5, 5.41) is 5.00. The Balaban J connectivity index is 0.779. The summed E-state index contributed by atoms with van der Waals surface area (Å²) in [7, 11) is 0. The molecule has 2 nitrogen and oxygen atoms in total. The molecule has 12 aromatic rings. The van der Waals surface area contributed by atoms with Gasteiger partial charge in [-0.15, -0.1) is 0 Å². The molecule has 0 aromatic heterocycles. The van der Waals surface area contributed by atoms with Gasteiger partial charge in [-0.05, 0) is 162 Å². The minimum Gasteiger partial charge on any atom is -0.311 e. The van der Waals surface area contributed by atoms with Crippen LogP contribution in [-0.2, 0) is 0 Å². The number of anilines is 6. The molecule has 0 N–H and O–H groups in total. The van der Waals surface area contributed by atoms with E-state index in [2.05, 4.69) is 319 Å². The third-order valence-corrected chi connectivity index (χ3v) is 15.0. The van der Waals surface area contributed by atoms with Gasteiger partial charge in [-0.3, -0.25) is 0 Å². The molecule has 12 aromatic carbocycles. The lowest BCUT2D eigenvalue weighted by Gasteiger charge is -2.26. The highest BCUT2D eigenvalue weighted by Gasteiger charge is 2.18. The molecule has 0 amide bonds. The fraction of sp³-hybridized carbons (Fsp3) is 0.0270. The number of fused-ring (bicyclic) bond motifs is 2. The maximum atomic E-state index is 2.36. The number of rotatable bonds is 12. The largest absolute Gasteiger partial charge is 0.311 e. The van der Waals surface area contributed by atoms with Crippen molar-refractivity contribution in [3.8, 4) is 55.6 Å². The summed E-state index contributed by atoms with van der Waals surface area (Å²) in [5.41, 5.74) is 19.9. The van der Waals surface area contributed by atoms with Gasteiger partial charge in [-0.25, -0.2) is 0 Å². The van der Waals surface area contributed by atoms with E-state index in [1.807, 2.05) is 0 Å². The van der Waals surface area contributed by atoms with Crippen LogP contribution in [0.4, 0.5) is 34.1 Å². The van der Waals surface area contributed by atoms with Crippen molar-refractivity contribution < 1.29 is 0 Å². The van der Waals surface area contributed by atoms with Crippen molar-refractivity contribution in [2.45, 2.75) is 12.3 Å². The highest BCUT2D eigenvalue weighted by molar-refractivity contribution is 5.98. The topological polar surface area (TPSA) is 6.48 Å². The molecule has 0 fully saturated rings. The van der Waals surface area contributed by atoms with Crippen molar-refractivity contribution in [1.29, 1.82) is 0 Å². The fourth-order valence-corrected chi connectivity index (χ4v) is 11.0. The monoisotopic (exact) mass is 970 g/mol. The van der Waals surface area contributed by atoms with Gasteiger partial charge in [-0.2, -0.15) is 0 Å². The van der Waals surface area contributed by atoms with Crippen LogP contribution in [0.5, 0.6) is 0 Å². The van der Waals surface area contributed by atoms with Crippen LogP contribution in [-0.4, -0.2) is 0 Å². The van der Waals surface area contributed by atoms with Gasteiger partial charge in [0.05, 0.1) is 0 Å². The van der Waals surface area contributed by atoms with E-state index < -0.39 is 0 Å². The Labute approximate surface area is 446 Å². The normalized spacial score (nSPS) is 13.0. The van der Waals surface area contributed by atoms with Gasteiger partial charge in [0.15, 0.2) is 0 Å². The van der Waals surface area contributed by atoms with Gasteiger partial charge in [0.25, 0.3) is 0 Å². The second kappa shape index (κ2) is 20.6. The molecule has 13 rings (SSSR count). The van der Waals surface area contributed by atoms with Crippen LogP contribution in [0.1, 0.15) is 17.9 Å². The van der Waals surface area contributed by atoms with E-state index in [0.717, 1.165) is 40.5 Å². The SMILES string of the molecule is C1=CCC(c2ccc(N(c3ccc(-c4ccccc4)cc3)c3ccc(-c4ccc(-c5ccc(N(c6ccc(-c7cccc8ccccc78)cc6)c6ccc(-c7cccc8ccccc78)cc6)cc5)cc4)cc3)cc2)C=C1. The summed E-state index contributed by atoms with van der Waals surface area (Å²) in [5.74, 6) is 0.404. The molecule has 0 aliphatic heterocycles. The maximum Gasteiger partial charge on any atom is 0.0462 e. The number of hydrogen-bond donors (Lipinski definition) is 0. The van der Waals surface area contributed by atoms with E-state index in [0.29, 0.717) is 5.92 Å². The molecule has 0 saturated carbocycles. The Morgan fingerprint density at radius 1 is 0.250 bits per heavy atom. The average molecular weight is 971 g/mol. The first-order valence-electron chi connectivity index (χ1n) is 26.3. The second-order valence-electron chi connectivity index (χ2n) is 19.6. The molecule has 1 unspecified atom stereocenters. The van der Waals surface area contributed by atoms with E-state index in [1.54, 1.807) is 0 Å². The quantitative estimate of drug-likeness (QED) is 0.120. The van der Waals surface area contributed by atoms with Crippen LogP contribution in [0.3, 0.4) is 0 Å². The molecule has 2 heteroatoms. The van der Waals surface area contributed by atoms with Crippen LogP contribution in [0, 0.1) is 0 Å². The lowest BCUT2D eigenvalue weighted by Crippen LogP contribution is -2.10. The summed E-state index contributed by atoms with van der Waals surface area (Å²) in [6.45, 7) is 0. The minimum absolute atomic E-state index is 0.404. The Morgan fingerprint density at radius 2 is 0.566 bits per heavy atom. The first-order chi connectivity index (χ1) is 37.7. The van der Waals surface area contributed by atoms with Gasteiger partial charge in [-0.1, -0.05) is 237 Å². The van der Waals surface area contributed by atoms with Gasteiger partial charge in [0.1, 0.15) is 0 Å². The molecule has 0 bridgehead atoms. The summed E-state index contributed by atoms with van der Waals surface area (Å²) >= 11 is 0. The third kappa shape index (κ3) is 9.30. The highest BCUT2D eigenvalue weighted by Crippen LogP contribution is 2.41. The average Bonchev–Trinajstić information content (AvgIpc) is 3.51. The second-order valence-corrected chi connectivity index (χ2v) is 19.6. The summed E-state index contributed by atoms with van der Waals surface area (Å²) < 4.78 is 0. The van der Waals surface area contributed by atoms with Crippen molar-refractivity contribution in [3.63, 3.8) is 0 Å². The third-order valence-electron chi connectivity index (χ3n) is 15.0. The van der Waals surface area contributed by atoms with Crippen molar-refractivity contribution in [2.24, 2.45) is 0 Å². The molecule has 0 heterocycles. The molecule has 1 aliphatic rings. The van der Waals surface area contributed by atoms with E-state index in [9.17, 15) is 0 Å². The van der Waals surface area contributed by atoms with Crippen LogP contribution < -0.4 is 9.80 Å². The van der Waals surface area contributed by atoms with Crippen LogP contribution in [0.2, 0.25) is 0 Å². The van der Waals surface area contributed by atoms with Crippen LogP contribution in [0.25, 0.3) is 77.2 Å². The van der Waals surface area contributed by atoms with Gasteiger partial charge in [0, 0.05) is 40.0 Å². The van der Waals surface area contributed by atoms with Crippen LogP contribution >= 0.6 is 0 Å². The van der Waals surface area contributed by atoms with Gasteiger partial charge in [0.2, 0.25) is 0 Å². The first-order valence-corrected chi connectivity index (χ1v) is 26.3. The fourth-order valence-electron chi connectivity index (χ4n) is 11.0. The molecule has 1 atom stereocenters. The standard InChI is InChI=1S/C74H54N2/c1-3-13-53(14-4-1)57-29-41-65(42-30-57)75(66-43-31-58(32-44-66)54-15-5-2-6-16-54)67-45-33-59(34-46-67)55-25-27-56(28-26-55)60-35-47-68(48-36-60)76(69-49-37-63(38-50-69)73-23-11-19-61-17-7-9-21-71(61)73)70-51-39-64(40-52-70)74-24-12-20-62-18-8-10-22-72(62)74/h1-15,17-52,54H,16H2. The first kappa shape index (κ1) is 46.1.